The lowest BCUT2D eigenvalue weighted by molar-refractivity contribution is 0.0280. The molecule has 2 heterocycles. The van der Waals surface area contributed by atoms with Gasteiger partial charge in [0.1, 0.15) is 0 Å². The Morgan fingerprint density at radius 3 is 2.73 bits per heavy atom. The molecule has 0 spiro atoms. The van der Waals surface area contributed by atoms with E-state index >= 15 is 0 Å². The quantitative estimate of drug-likeness (QED) is 0.588. The van der Waals surface area contributed by atoms with Crippen molar-refractivity contribution in [2.75, 3.05) is 6.26 Å². The van der Waals surface area contributed by atoms with Crippen molar-refractivity contribution in [1.82, 2.24) is 10.2 Å². The highest BCUT2D eigenvalue weighted by Crippen LogP contribution is 2.27. The van der Waals surface area contributed by atoms with Gasteiger partial charge in [-0.1, -0.05) is 17.7 Å². The minimum absolute atomic E-state index is 0.0284. The van der Waals surface area contributed by atoms with Crippen molar-refractivity contribution in [2.24, 2.45) is 0 Å². The summed E-state index contributed by atoms with van der Waals surface area (Å²) < 4.78 is 34.1. The SMILES string of the molecule is C[C@H](OC(=O)c1cc(S(C)(=O)=O)ccc1Cl)c1nnc(-c2cccs2)o1. The molecule has 0 saturated heterocycles. The fraction of sp³-hybridized carbons (Fsp3) is 0.188. The highest BCUT2D eigenvalue weighted by Gasteiger charge is 2.23. The second-order valence-corrected chi connectivity index (χ2v) is 8.75. The molecule has 0 aliphatic heterocycles. The summed E-state index contributed by atoms with van der Waals surface area (Å²) in [6, 6.07) is 7.51. The number of thiophene rings is 1. The average molecular weight is 413 g/mol. The summed E-state index contributed by atoms with van der Waals surface area (Å²) in [5.41, 5.74) is -0.0561. The zero-order valence-corrected chi connectivity index (χ0v) is 16.1. The van der Waals surface area contributed by atoms with Gasteiger partial charge in [-0.3, -0.25) is 0 Å². The molecule has 0 bridgehead atoms. The smallest absolute Gasteiger partial charge is 0.340 e. The number of sulfone groups is 1. The number of esters is 1. The fourth-order valence-corrected chi connectivity index (χ4v) is 3.55. The van der Waals surface area contributed by atoms with E-state index in [1.54, 1.807) is 6.92 Å². The van der Waals surface area contributed by atoms with E-state index in [2.05, 4.69) is 10.2 Å². The van der Waals surface area contributed by atoms with E-state index in [4.69, 9.17) is 20.8 Å². The minimum Gasteiger partial charge on any atom is -0.449 e. The molecule has 10 heteroatoms. The van der Waals surface area contributed by atoms with Gasteiger partial charge < -0.3 is 9.15 Å². The number of rotatable bonds is 5. The third-order valence-corrected chi connectivity index (χ3v) is 5.69. The molecule has 1 atom stereocenters. The van der Waals surface area contributed by atoms with Crippen LogP contribution in [0.4, 0.5) is 0 Å². The monoisotopic (exact) mass is 412 g/mol. The maximum absolute atomic E-state index is 12.4. The van der Waals surface area contributed by atoms with Gasteiger partial charge >= 0.3 is 5.97 Å². The first kappa shape index (κ1) is 18.6. The molecule has 136 valence electrons. The van der Waals surface area contributed by atoms with Crippen molar-refractivity contribution in [2.45, 2.75) is 17.9 Å². The number of ether oxygens (including phenoxy) is 1. The van der Waals surface area contributed by atoms with Crippen LogP contribution in [0, 0.1) is 0 Å². The summed E-state index contributed by atoms with van der Waals surface area (Å²) in [5.74, 6) is -0.337. The van der Waals surface area contributed by atoms with Crippen molar-refractivity contribution in [3.8, 4) is 10.8 Å². The molecule has 0 N–H and O–H groups in total. The Morgan fingerprint density at radius 2 is 2.08 bits per heavy atom. The van der Waals surface area contributed by atoms with Crippen LogP contribution >= 0.6 is 22.9 Å². The Labute approximate surface area is 158 Å². The lowest BCUT2D eigenvalue weighted by Crippen LogP contribution is -2.11. The maximum Gasteiger partial charge on any atom is 0.340 e. The van der Waals surface area contributed by atoms with E-state index in [0.29, 0.717) is 5.89 Å². The second-order valence-electron chi connectivity index (χ2n) is 5.38. The summed E-state index contributed by atoms with van der Waals surface area (Å²) in [7, 11) is -3.48. The van der Waals surface area contributed by atoms with Gasteiger partial charge in [-0.2, -0.15) is 0 Å². The van der Waals surface area contributed by atoms with Crippen LogP contribution in [0.2, 0.25) is 5.02 Å². The molecule has 0 fully saturated rings. The van der Waals surface area contributed by atoms with Gasteiger partial charge in [0.25, 0.3) is 11.8 Å². The van der Waals surface area contributed by atoms with Crippen molar-refractivity contribution in [1.29, 1.82) is 0 Å². The minimum atomic E-state index is -3.48. The van der Waals surface area contributed by atoms with Gasteiger partial charge in [-0.25, -0.2) is 13.2 Å². The third kappa shape index (κ3) is 3.95. The summed E-state index contributed by atoms with van der Waals surface area (Å²) in [6.07, 6.45) is 0.208. The standard InChI is InChI=1S/C16H13ClN2O5S2/c1-9(14-18-19-15(24-14)13-4-3-7-25-13)23-16(20)11-8-10(26(2,21)22)5-6-12(11)17/h3-9H,1-2H3/t9-/m0/s1. The first-order valence-corrected chi connectivity index (χ1v) is 10.5. The number of carbonyl (C=O) groups excluding carboxylic acids is 1. The van der Waals surface area contributed by atoms with E-state index in [-0.39, 0.29) is 21.4 Å². The lowest BCUT2D eigenvalue weighted by Gasteiger charge is -2.11. The second kappa shape index (κ2) is 7.18. The molecule has 0 radical (unpaired) electrons. The summed E-state index contributed by atoms with van der Waals surface area (Å²) in [6.45, 7) is 1.57. The van der Waals surface area contributed by atoms with Gasteiger partial charge in [-0.15, -0.1) is 21.5 Å². The molecule has 26 heavy (non-hydrogen) atoms. The number of benzene rings is 1. The van der Waals surface area contributed by atoms with Gasteiger partial charge in [0.2, 0.25) is 0 Å². The van der Waals surface area contributed by atoms with Crippen molar-refractivity contribution in [3.05, 3.63) is 52.2 Å². The van der Waals surface area contributed by atoms with E-state index in [0.717, 1.165) is 11.1 Å². The highest BCUT2D eigenvalue weighted by molar-refractivity contribution is 7.90. The van der Waals surface area contributed by atoms with Crippen LogP contribution in [-0.2, 0) is 14.6 Å². The Bertz CT molecular complexity index is 1040. The third-order valence-electron chi connectivity index (χ3n) is 3.39. The summed E-state index contributed by atoms with van der Waals surface area (Å²) in [5, 5.41) is 9.76. The molecule has 0 aliphatic carbocycles. The molecule has 3 aromatic rings. The Kier molecular flexibility index (Phi) is 5.12. The predicted molar refractivity (Wildman–Crippen MR) is 96.0 cm³/mol. The zero-order chi connectivity index (χ0) is 18.9. The number of carbonyl (C=O) groups is 1. The molecule has 7 nitrogen and oxygen atoms in total. The van der Waals surface area contributed by atoms with Crippen LogP contribution < -0.4 is 0 Å². The van der Waals surface area contributed by atoms with Gasteiger partial charge in [0.15, 0.2) is 15.9 Å². The molecule has 0 saturated carbocycles. The van der Waals surface area contributed by atoms with Crippen molar-refractivity contribution in [3.63, 3.8) is 0 Å². The first-order valence-electron chi connectivity index (χ1n) is 7.33. The topological polar surface area (TPSA) is 99.4 Å². The number of halogens is 1. The molecule has 0 unspecified atom stereocenters. The molecule has 2 aromatic heterocycles. The van der Waals surface area contributed by atoms with E-state index in [1.165, 1.54) is 29.5 Å². The van der Waals surface area contributed by atoms with Crippen LogP contribution in [0.1, 0.15) is 29.3 Å². The van der Waals surface area contributed by atoms with Crippen LogP contribution in [0.15, 0.2) is 45.0 Å². The normalized spacial score (nSPS) is 12.7. The van der Waals surface area contributed by atoms with Crippen LogP contribution in [0.25, 0.3) is 10.8 Å². The summed E-state index contributed by atoms with van der Waals surface area (Å²) >= 11 is 7.44. The molecule has 3 rings (SSSR count). The van der Waals surface area contributed by atoms with Crippen LogP contribution in [0.5, 0.6) is 0 Å². The Balaban J connectivity index is 1.80. The number of aromatic nitrogens is 2. The summed E-state index contributed by atoms with van der Waals surface area (Å²) in [4.78, 5) is 13.1. The molecule has 1 aromatic carbocycles. The zero-order valence-electron chi connectivity index (χ0n) is 13.7. The maximum atomic E-state index is 12.4. The van der Waals surface area contributed by atoms with Crippen molar-refractivity contribution < 1.29 is 22.4 Å². The fourth-order valence-electron chi connectivity index (χ4n) is 2.06. The lowest BCUT2D eigenvalue weighted by atomic mass is 10.2. The van der Waals surface area contributed by atoms with Gasteiger partial charge in [0, 0.05) is 6.26 Å². The first-order chi connectivity index (χ1) is 12.3. The molecule has 0 aliphatic rings. The van der Waals surface area contributed by atoms with E-state index in [1.807, 2.05) is 17.5 Å². The number of nitrogens with zero attached hydrogens (tertiary/aromatic N) is 2. The van der Waals surface area contributed by atoms with Crippen LogP contribution in [0.3, 0.4) is 0 Å². The Morgan fingerprint density at radius 1 is 1.31 bits per heavy atom. The predicted octanol–water partition coefficient (Wildman–Crippen LogP) is 3.77. The van der Waals surface area contributed by atoms with E-state index in [9.17, 15) is 13.2 Å². The Hall–Kier alpha value is -2.23. The highest BCUT2D eigenvalue weighted by atomic mass is 35.5. The number of hydrogen-bond donors (Lipinski definition) is 0. The molecular formula is C16H13ClN2O5S2. The number of hydrogen-bond acceptors (Lipinski definition) is 8. The largest absolute Gasteiger partial charge is 0.449 e. The van der Waals surface area contributed by atoms with Crippen molar-refractivity contribution >= 4 is 38.7 Å². The average Bonchev–Trinajstić information content (AvgIpc) is 3.25. The van der Waals surface area contributed by atoms with Gasteiger partial charge in [-0.05, 0) is 36.6 Å². The van der Waals surface area contributed by atoms with Crippen LogP contribution in [-0.4, -0.2) is 30.8 Å². The molecule has 0 amide bonds. The van der Waals surface area contributed by atoms with E-state index < -0.39 is 21.9 Å². The molecular weight excluding hydrogens is 400 g/mol. The van der Waals surface area contributed by atoms with Gasteiger partial charge in [0.05, 0.1) is 20.4 Å².